The summed E-state index contributed by atoms with van der Waals surface area (Å²) in [4.78, 5) is 27.6. The highest BCUT2D eigenvalue weighted by molar-refractivity contribution is 7.92. The fraction of sp³-hybridized carbons (Fsp3) is 0.417. The summed E-state index contributed by atoms with van der Waals surface area (Å²) in [7, 11) is -3.72. The van der Waals surface area contributed by atoms with Crippen LogP contribution in [-0.2, 0) is 26.2 Å². The van der Waals surface area contributed by atoms with Crippen LogP contribution >= 0.6 is 0 Å². The lowest BCUT2D eigenvalue weighted by Gasteiger charge is -2.32. The van der Waals surface area contributed by atoms with Gasteiger partial charge in [-0.1, -0.05) is 55.0 Å². The Morgan fingerprint density at radius 1 is 1.00 bits per heavy atom. The van der Waals surface area contributed by atoms with Crippen LogP contribution in [0.4, 0.5) is 5.69 Å². The molecule has 0 aromatic heterocycles. The summed E-state index contributed by atoms with van der Waals surface area (Å²) in [5, 5.41) is 2.91. The molecule has 0 aliphatic rings. The highest BCUT2D eigenvalue weighted by Crippen LogP contribution is 2.19. The second kappa shape index (κ2) is 11.1. The Morgan fingerprint density at radius 2 is 1.59 bits per heavy atom. The molecule has 0 aliphatic carbocycles. The van der Waals surface area contributed by atoms with Crippen LogP contribution in [0.1, 0.15) is 38.3 Å². The van der Waals surface area contributed by atoms with E-state index in [9.17, 15) is 18.0 Å². The Bertz CT molecular complexity index is 1010. The maximum Gasteiger partial charge on any atom is 0.244 e. The van der Waals surface area contributed by atoms with E-state index in [0.29, 0.717) is 5.69 Å². The number of nitrogens with zero attached hydrogens (tertiary/aromatic N) is 2. The summed E-state index contributed by atoms with van der Waals surface area (Å²) in [6, 6.07) is 15.5. The minimum atomic E-state index is -3.72. The minimum Gasteiger partial charge on any atom is -0.352 e. The van der Waals surface area contributed by atoms with Crippen LogP contribution in [0.3, 0.4) is 0 Å². The summed E-state index contributed by atoms with van der Waals surface area (Å²) in [5.41, 5.74) is 2.24. The Kier molecular flexibility index (Phi) is 8.83. The second-order valence-electron chi connectivity index (χ2n) is 8.11. The fourth-order valence-corrected chi connectivity index (χ4v) is 4.00. The number of anilines is 1. The number of nitrogens with one attached hydrogen (secondary N) is 1. The molecule has 0 radical (unpaired) electrons. The lowest BCUT2D eigenvalue weighted by molar-refractivity contribution is -0.139. The van der Waals surface area contributed by atoms with Crippen molar-refractivity contribution in [3.63, 3.8) is 0 Å². The predicted octanol–water partition coefficient (Wildman–Crippen LogP) is 3.09. The van der Waals surface area contributed by atoms with Crippen LogP contribution in [0.25, 0.3) is 0 Å². The van der Waals surface area contributed by atoms with Crippen LogP contribution < -0.4 is 9.62 Å². The number of carbonyl (C=O) groups excluding carboxylic acids is 2. The SMILES string of the molecule is CC[C@@H](C)NC(=O)[C@H](C)N(Cc1ccccc1)C(=O)CN(c1ccc(C)cc1)S(C)(=O)=O. The Balaban J connectivity index is 2.34. The van der Waals surface area contributed by atoms with Crippen molar-refractivity contribution in [2.24, 2.45) is 0 Å². The number of amides is 2. The predicted molar refractivity (Wildman–Crippen MR) is 128 cm³/mol. The van der Waals surface area contributed by atoms with Crippen molar-refractivity contribution in [2.45, 2.75) is 52.7 Å². The average molecular weight is 460 g/mol. The lowest BCUT2D eigenvalue weighted by Crippen LogP contribution is -2.52. The second-order valence-corrected chi connectivity index (χ2v) is 10.0. The van der Waals surface area contributed by atoms with Gasteiger partial charge in [-0.3, -0.25) is 13.9 Å². The van der Waals surface area contributed by atoms with Crippen molar-refractivity contribution in [2.75, 3.05) is 17.1 Å². The van der Waals surface area contributed by atoms with Crippen LogP contribution in [0.5, 0.6) is 0 Å². The average Bonchev–Trinajstić information content (AvgIpc) is 2.75. The van der Waals surface area contributed by atoms with Crippen molar-refractivity contribution in [1.82, 2.24) is 10.2 Å². The first kappa shape index (κ1) is 25.4. The zero-order valence-corrected chi connectivity index (χ0v) is 20.2. The molecular weight excluding hydrogens is 426 g/mol. The number of aryl methyl sites for hydroxylation is 1. The van der Waals surface area contributed by atoms with E-state index in [2.05, 4.69) is 5.32 Å². The van der Waals surface area contributed by atoms with Gasteiger partial charge in [-0.05, 0) is 44.9 Å². The first-order valence-corrected chi connectivity index (χ1v) is 12.6. The molecule has 0 saturated heterocycles. The number of hydrogen-bond donors (Lipinski definition) is 1. The van der Waals surface area contributed by atoms with E-state index >= 15 is 0 Å². The third kappa shape index (κ3) is 7.09. The van der Waals surface area contributed by atoms with Crippen LogP contribution in [0.2, 0.25) is 0 Å². The summed E-state index contributed by atoms with van der Waals surface area (Å²) in [6.07, 6.45) is 1.83. The van der Waals surface area contributed by atoms with E-state index < -0.39 is 28.5 Å². The molecule has 0 fully saturated rings. The van der Waals surface area contributed by atoms with E-state index in [-0.39, 0.29) is 18.5 Å². The van der Waals surface area contributed by atoms with Crippen molar-refractivity contribution in [3.05, 3.63) is 65.7 Å². The quantitative estimate of drug-likeness (QED) is 0.592. The molecule has 1 N–H and O–H groups in total. The van der Waals surface area contributed by atoms with Gasteiger partial charge in [0.15, 0.2) is 0 Å². The molecule has 2 rings (SSSR count). The van der Waals surface area contributed by atoms with Gasteiger partial charge >= 0.3 is 0 Å². The lowest BCUT2D eigenvalue weighted by atomic mass is 10.1. The summed E-state index contributed by atoms with van der Waals surface area (Å²) >= 11 is 0. The molecule has 0 spiro atoms. The molecule has 0 unspecified atom stereocenters. The molecular formula is C24H33N3O4S. The number of hydrogen-bond acceptors (Lipinski definition) is 4. The third-order valence-electron chi connectivity index (χ3n) is 5.37. The molecule has 2 atom stereocenters. The molecule has 0 bridgehead atoms. The Morgan fingerprint density at radius 3 is 2.12 bits per heavy atom. The number of benzene rings is 2. The standard InChI is InChI=1S/C24H33N3O4S/c1-6-19(3)25-24(29)20(4)26(16-21-10-8-7-9-11-21)23(28)17-27(32(5,30)31)22-14-12-18(2)13-15-22/h7-15,19-20H,6,16-17H2,1-5H3,(H,25,29)/t19-,20+/m1/s1. The smallest absolute Gasteiger partial charge is 0.244 e. The number of sulfonamides is 1. The van der Waals surface area contributed by atoms with Crippen LogP contribution in [0, 0.1) is 6.92 Å². The van der Waals surface area contributed by atoms with Gasteiger partial charge in [0.2, 0.25) is 21.8 Å². The molecule has 0 saturated carbocycles. The minimum absolute atomic E-state index is 0.0290. The fourth-order valence-electron chi connectivity index (χ4n) is 3.15. The zero-order valence-electron chi connectivity index (χ0n) is 19.4. The number of carbonyl (C=O) groups is 2. The summed E-state index contributed by atoms with van der Waals surface area (Å²) in [5.74, 6) is -0.725. The highest BCUT2D eigenvalue weighted by atomic mass is 32.2. The van der Waals surface area contributed by atoms with Gasteiger partial charge in [0.1, 0.15) is 12.6 Å². The first-order chi connectivity index (χ1) is 15.0. The Hall–Kier alpha value is -2.87. The van der Waals surface area contributed by atoms with Gasteiger partial charge in [0.25, 0.3) is 0 Å². The first-order valence-electron chi connectivity index (χ1n) is 10.7. The topological polar surface area (TPSA) is 86.8 Å². The maximum absolute atomic E-state index is 13.4. The van der Waals surface area contributed by atoms with E-state index in [1.165, 1.54) is 4.90 Å². The Labute approximate surface area is 191 Å². The van der Waals surface area contributed by atoms with Gasteiger partial charge < -0.3 is 10.2 Å². The highest BCUT2D eigenvalue weighted by Gasteiger charge is 2.30. The van der Waals surface area contributed by atoms with E-state index in [4.69, 9.17) is 0 Å². The van der Waals surface area contributed by atoms with E-state index in [0.717, 1.165) is 28.1 Å². The molecule has 0 aliphatic heterocycles. The molecule has 2 aromatic rings. The van der Waals surface area contributed by atoms with Crippen LogP contribution in [-0.4, -0.2) is 50.0 Å². The van der Waals surface area contributed by atoms with Gasteiger partial charge in [0.05, 0.1) is 11.9 Å². The molecule has 174 valence electrons. The van der Waals surface area contributed by atoms with Crippen molar-refractivity contribution in [3.8, 4) is 0 Å². The van der Waals surface area contributed by atoms with Crippen molar-refractivity contribution >= 4 is 27.5 Å². The van der Waals surface area contributed by atoms with Gasteiger partial charge in [0, 0.05) is 12.6 Å². The van der Waals surface area contributed by atoms with E-state index in [1.54, 1.807) is 31.2 Å². The zero-order chi connectivity index (χ0) is 23.9. The normalized spacial score (nSPS) is 13.2. The molecule has 7 nitrogen and oxygen atoms in total. The number of rotatable bonds is 10. The van der Waals surface area contributed by atoms with Gasteiger partial charge in [-0.2, -0.15) is 0 Å². The monoisotopic (exact) mass is 459 g/mol. The maximum atomic E-state index is 13.4. The summed E-state index contributed by atoms with van der Waals surface area (Å²) < 4.78 is 26.1. The van der Waals surface area contributed by atoms with Crippen molar-refractivity contribution < 1.29 is 18.0 Å². The largest absolute Gasteiger partial charge is 0.352 e. The third-order valence-corrected chi connectivity index (χ3v) is 6.51. The van der Waals surface area contributed by atoms with Crippen molar-refractivity contribution in [1.29, 1.82) is 0 Å². The van der Waals surface area contributed by atoms with Gasteiger partial charge in [-0.15, -0.1) is 0 Å². The molecule has 2 amide bonds. The van der Waals surface area contributed by atoms with Gasteiger partial charge in [-0.25, -0.2) is 8.42 Å². The molecule has 8 heteroatoms. The molecule has 2 aromatic carbocycles. The summed E-state index contributed by atoms with van der Waals surface area (Å²) in [6.45, 7) is 7.23. The molecule has 32 heavy (non-hydrogen) atoms. The van der Waals surface area contributed by atoms with Crippen LogP contribution in [0.15, 0.2) is 54.6 Å². The van der Waals surface area contributed by atoms with E-state index in [1.807, 2.05) is 51.1 Å². The molecule has 0 heterocycles.